The van der Waals surface area contributed by atoms with Gasteiger partial charge in [0.25, 0.3) is 0 Å². The minimum atomic E-state index is 0. The van der Waals surface area contributed by atoms with Crippen LogP contribution in [0.4, 0.5) is 0 Å². The monoisotopic (exact) mass is 202 g/mol. The predicted molar refractivity (Wildman–Crippen MR) is 35.8 cm³/mol. The molecule has 0 unspecified atom stereocenters. The number of hydrogen-bond donors (Lipinski definition) is 0. The molecule has 0 saturated carbocycles. The molecule has 1 rings (SSSR count). The molecule has 10 heavy (non-hydrogen) atoms. The Balaban J connectivity index is 0.000000810. The Hall–Kier alpha value is 0.524. The van der Waals surface area contributed by atoms with E-state index in [0.29, 0.717) is 0 Å². The van der Waals surface area contributed by atoms with E-state index < -0.39 is 0 Å². The SMILES string of the molecule is [Cl-].[Ni+]/[C]1=C/CCCCCC1. The topological polar surface area (TPSA) is 0 Å². The third-order valence-electron chi connectivity index (χ3n) is 1.71. The van der Waals surface area contributed by atoms with E-state index in [9.17, 15) is 0 Å². The van der Waals surface area contributed by atoms with Crippen LogP contribution in [-0.2, 0) is 15.5 Å². The molecule has 1 aliphatic rings. The van der Waals surface area contributed by atoms with Crippen LogP contribution in [0.3, 0.4) is 0 Å². The molecule has 0 spiro atoms. The summed E-state index contributed by atoms with van der Waals surface area (Å²) < 4.78 is 1.23. The maximum atomic E-state index is 4.81. The summed E-state index contributed by atoms with van der Waals surface area (Å²) in [5.41, 5.74) is 0. The van der Waals surface area contributed by atoms with Gasteiger partial charge in [0.05, 0.1) is 0 Å². The first-order chi connectivity index (χ1) is 4.39. The molecule has 0 atom stereocenters. The summed E-state index contributed by atoms with van der Waals surface area (Å²) in [6, 6.07) is 0. The van der Waals surface area contributed by atoms with Crippen molar-refractivity contribution in [3.8, 4) is 0 Å². The zero-order chi connectivity index (χ0) is 6.53. The number of halogens is 1. The van der Waals surface area contributed by atoms with Gasteiger partial charge < -0.3 is 12.4 Å². The predicted octanol–water partition coefficient (Wildman–Crippen LogP) is -0.225. The van der Waals surface area contributed by atoms with Crippen molar-refractivity contribution in [1.82, 2.24) is 0 Å². The Morgan fingerprint density at radius 3 is 2.60 bits per heavy atom. The van der Waals surface area contributed by atoms with E-state index in [0.717, 1.165) is 0 Å². The van der Waals surface area contributed by atoms with Crippen molar-refractivity contribution in [3.63, 3.8) is 0 Å². The van der Waals surface area contributed by atoms with E-state index in [1.807, 2.05) is 0 Å². The third-order valence-corrected chi connectivity index (χ3v) is 2.16. The fourth-order valence-corrected chi connectivity index (χ4v) is 1.45. The van der Waals surface area contributed by atoms with Crippen LogP contribution in [0.5, 0.6) is 0 Å². The first-order valence-corrected chi connectivity index (χ1v) is 4.20. The second kappa shape index (κ2) is 6.25. The van der Waals surface area contributed by atoms with Gasteiger partial charge in [0.15, 0.2) is 0 Å². The normalized spacial score (nSPS) is 25.2. The average Bonchev–Trinajstić information content (AvgIpc) is 1.79. The summed E-state index contributed by atoms with van der Waals surface area (Å²) in [5, 5.41) is 0. The molecule has 0 N–H and O–H groups in total. The van der Waals surface area contributed by atoms with Crippen molar-refractivity contribution in [2.24, 2.45) is 0 Å². The van der Waals surface area contributed by atoms with Gasteiger partial charge in [0, 0.05) is 0 Å². The van der Waals surface area contributed by atoms with Crippen LogP contribution in [-0.4, -0.2) is 0 Å². The first kappa shape index (κ1) is 10.5. The fraction of sp³-hybridized carbons (Fsp3) is 0.750. The van der Waals surface area contributed by atoms with Gasteiger partial charge in [0.2, 0.25) is 0 Å². The number of hydrogen-bond acceptors (Lipinski definition) is 0. The Morgan fingerprint density at radius 1 is 1.10 bits per heavy atom. The summed E-state index contributed by atoms with van der Waals surface area (Å²) in [6.07, 6.45) is 10.1. The van der Waals surface area contributed by atoms with Crippen LogP contribution in [0.15, 0.2) is 10.6 Å². The van der Waals surface area contributed by atoms with Gasteiger partial charge in [-0.1, -0.05) is 0 Å². The van der Waals surface area contributed by atoms with E-state index in [2.05, 4.69) is 6.08 Å². The van der Waals surface area contributed by atoms with Crippen molar-refractivity contribution in [2.75, 3.05) is 0 Å². The second-order valence-electron chi connectivity index (χ2n) is 2.56. The van der Waals surface area contributed by atoms with E-state index in [1.54, 1.807) is 0 Å². The molecule has 0 aliphatic heterocycles. The molecule has 0 saturated heterocycles. The first-order valence-electron chi connectivity index (χ1n) is 3.71. The molecule has 62 valence electrons. The average molecular weight is 203 g/mol. The molecule has 2 heteroatoms. The molecule has 1 aliphatic carbocycles. The Kier molecular flexibility index (Phi) is 6.57. The van der Waals surface area contributed by atoms with E-state index in [4.69, 9.17) is 15.5 Å². The van der Waals surface area contributed by atoms with Crippen LogP contribution >= 0.6 is 0 Å². The Bertz CT molecular complexity index is 110. The Labute approximate surface area is 77.2 Å². The molecule has 0 amide bonds. The summed E-state index contributed by atoms with van der Waals surface area (Å²) in [7, 11) is 0. The zero-order valence-electron chi connectivity index (χ0n) is 6.01. The van der Waals surface area contributed by atoms with Gasteiger partial charge in [0.1, 0.15) is 0 Å². The summed E-state index contributed by atoms with van der Waals surface area (Å²) in [5.74, 6) is 0. The molecule has 0 heterocycles. The third kappa shape index (κ3) is 4.36. The molecule has 0 aromatic rings. The van der Waals surface area contributed by atoms with Gasteiger partial charge in [-0.15, -0.1) is 0 Å². The van der Waals surface area contributed by atoms with Crippen LogP contribution in [0.25, 0.3) is 0 Å². The summed E-state index contributed by atoms with van der Waals surface area (Å²) in [6.45, 7) is 0. The van der Waals surface area contributed by atoms with Crippen LogP contribution in [0, 0.1) is 0 Å². The second-order valence-corrected chi connectivity index (χ2v) is 3.20. The van der Waals surface area contributed by atoms with Gasteiger partial charge >= 0.3 is 64.6 Å². The quantitative estimate of drug-likeness (QED) is 0.477. The number of allylic oxidation sites excluding steroid dienone is 2. The molecular weight excluding hydrogens is 190 g/mol. The minimum absolute atomic E-state index is 0. The van der Waals surface area contributed by atoms with Gasteiger partial charge in [-0.2, -0.15) is 0 Å². The van der Waals surface area contributed by atoms with Crippen molar-refractivity contribution >= 4 is 0 Å². The number of rotatable bonds is 0. The van der Waals surface area contributed by atoms with E-state index in [1.165, 1.54) is 43.1 Å². The van der Waals surface area contributed by atoms with Gasteiger partial charge in [-0.25, -0.2) is 0 Å². The van der Waals surface area contributed by atoms with Crippen molar-refractivity contribution in [1.29, 1.82) is 0 Å². The van der Waals surface area contributed by atoms with Crippen molar-refractivity contribution in [3.05, 3.63) is 10.6 Å². The van der Waals surface area contributed by atoms with Crippen molar-refractivity contribution in [2.45, 2.75) is 38.5 Å². The molecule has 0 fully saturated rings. The molecule has 0 radical (unpaired) electrons. The molecule has 0 aromatic carbocycles. The standard InChI is InChI=1S/C8H13.ClH.Ni/c1-2-4-6-8-7-5-3-1;;/h1H,2,4-8H2;1H;/q;;+1/p-1. The Morgan fingerprint density at radius 2 is 1.80 bits per heavy atom. The van der Waals surface area contributed by atoms with Gasteiger partial charge in [-0.3, -0.25) is 0 Å². The molecule has 0 nitrogen and oxygen atoms in total. The fourth-order valence-electron chi connectivity index (χ4n) is 1.13. The summed E-state index contributed by atoms with van der Waals surface area (Å²) >= 11 is 4.81. The van der Waals surface area contributed by atoms with E-state index in [-0.39, 0.29) is 12.4 Å². The van der Waals surface area contributed by atoms with Crippen LogP contribution in [0.2, 0.25) is 0 Å². The van der Waals surface area contributed by atoms with Crippen LogP contribution < -0.4 is 12.4 Å². The van der Waals surface area contributed by atoms with Gasteiger partial charge in [-0.05, 0) is 0 Å². The maximum absolute atomic E-state index is 4.81. The summed E-state index contributed by atoms with van der Waals surface area (Å²) in [4.78, 5) is 0. The van der Waals surface area contributed by atoms with Crippen molar-refractivity contribution < 1.29 is 27.9 Å². The molecular formula is C8H13ClNi. The van der Waals surface area contributed by atoms with Crippen LogP contribution in [0.1, 0.15) is 38.5 Å². The molecule has 0 aromatic heterocycles. The van der Waals surface area contributed by atoms with E-state index >= 15 is 0 Å². The zero-order valence-corrected chi connectivity index (χ0v) is 7.76. The molecule has 0 bridgehead atoms.